The summed E-state index contributed by atoms with van der Waals surface area (Å²) >= 11 is 0. The molecule has 1 aliphatic heterocycles. The van der Waals surface area contributed by atoms with E-state index in [0.717, 1.165) is 19.5 Å². The number of furan rings is 1. The topological polar surface area (TPSA) is 119 Å². The van der Waals surface area contributed by atoms with Gasteiger partial charge in [0.2, 0.25) is 0 Å². The van der Waals surface area contributed by atoms with Crippen LogP contribution in [0.2, 0.25) is 0 Å². The minimum atomic E-state index is -0.705. The van der Waals surface area contributed by atoms with Gasteiger partial charge in [-0.3, -0.25) is 14.0 Å². The minimum absolute atomic E-state index is 0. The number of carbonyl (C=O) groups is 2. The van der Waals surface area contributed by atoms with Crippen LogP contribution in [0.3, 0.4) is 0 Å². The average molecular weight is 391 g/mol. The quantitative estimate of drug-likeness (QED) is 0.684. The van der Waals surface area contributed by atoms with Crippen molar-refractivity contribution < 1.29 is 14.0 Å². The van der Waals surface area contributed by atoms with Crippen LogP contribution in [0.5, 0.6) is 0 Å². The second-order valence-corrected chi connectivity index (χ2v) is 6.22. The number of nitrogens with two attached hydrogens (primary N) is 1. The molecule has 4 heterocycles. The van der Waals surface area contributed by atoms with E-state index in [2.05, 4.69) is 15.3 Å². The van der Waals surface area contributed by atoms with Crippen LogP contribution < -0.4 is 11.1 Å². The van der Waals surface area contributed by atoms with Crippen molar-refractivity contribution in [1.82, 2.24) is 24.6 Å². The summed E-state index contributed by atoms with van der Waals surface area (Å²) in [6.07, 6.45) is 3.80. The number of halogens is 1. The molecule has 2 amide bonds. The Labute approximate surface area is 161 Å². The molecule has 3 N–H and O–H groups in total. The van der Waals surface area contributed by atoms with Crippen LogP contribution >= 0.6 is 12.4 Å². The van der Waals surface area contributed by atoms with Crippen LogP contribution in [0.25, 0.3) is 17.1 Å². The number of nitrogens with one attached hydrogen (secondary N) is 1. The third kappa shape index (κ3) is 3.26. The number of nitrogens with zero attached hydrogens (tertiary/aromatic N) is 4. The van der Waals surface area contributed by atoms with Gasteiger partial charge in [-0.05, 0) is 31.2 Å². The first-order valence-electron chi connectivity index (χ1n) is 8.26. The van der Waals surface area contributed by atoms with Gasteiger partial charge in [-0.15, -0.1) is 12.4 Å². The van der Waals surface area contributed by atoms with E-state index in [1.165, 1.54) is 17.0 Å². The van der Waals surface area contributed by atoms with E-state index in [0.29, 0.717) is 17.1 Å². The van der Waals surface area contributed by atoms with E-state index in [4.69, 9.17) is 10.2 Å². The standard InChI is InChI=1S/C17H18N6O3.ClH/c1-22(10-4-5-19-8-10)17(25)12-7-11(13-3-2-6-26-13)21-16-14(15(18)24)20-9-23(12)16;/h2-3,6-7,9-10,19H,4-5,8H2,1H3,(H2,18,24);1H. The van der Waals surface area contributed by atoms with Crippen molar-refractivity contribution in [3.63, 3.8) is 0 Å². The zero-order valence-corrected chi connectivity index (χ0v) is 15.4. The first-order chi connectivity index (χ1) is 12.6. The Hall–Kier alpha value is -2.91. The minimum Gasteiger partial charge on any atom is -0.463 e. The highest BCUT2D eigenvalue weighted by Crippen LogP contribution is 2.23. The molecule has 0 aliphatic carbocycles. The zero-order chi connectivity index (χ0) is 18.3. The van der Waals surface area contributed by atoms with Crippen LogP contribution in [0.4, 0.5) is 0 Å². The van der Waals surface area contributed by atoms with Crippen molar-refractivity contribution in [2.24, 2.45) is 5.73 Å². The van der Waals surface area contributed by atoms with Crippen LogP contribution in [0.1, 0.15) is 27.4 Å². The van der Waals surface area contributed by atoms with Crippen LogP contribution in [-0.4, -0.2) is 57.3 Å². The first-order valence-corrected chi connectivity index (χ1v) is 8.26. The van der Waals surface area contributed by atoms with Crippen molar-refractivity contribution in [3.05, 3.63) is 42.2 Å². The predicted octanol–water partition coefficient (Wildman–Crippen LogP) is 0.944. The zero-order valence-electron chi connectivity index (χ0n) is 14.6. The average Bonchev–Trinajstić information content (AvgIpc) is 3.40. The van der Waals surface area contributed by atoms with E-state index >= 15 is 0 Å². The number of likely N-dealkylation sites (N-methyl/N-ethyl adjacent to an activating group) is 1. The van der Waals surface area contributed by atoms with Crippen LogP contribution in [-0.2, 0) is 0 Å². The molecule has 3 aromatic rings. The molecule has 0 bridgehead atoms. The molecule has 10 heteroatoms. The lowest BCUT2D eigenvalue weighted by atomic mass is 10.2. The van der Waals surface area contributed by atoms with Gasteiger partial charge in [0.15, 0.2) is 17.1 Å². The van der Waals surface area contributed by atoms with Gasteiger partial charge in [0.1, 0.15) is 17.7 Å². The maximum absolute atomic E-state index is 13.1. The van der Waals surface area contributed by atoms with Gasteiger partial charge in [0.25, 0.3) is 11.8 Å². The Kier molecular flexibility index (Phi) is 5.15. The number of fused-ring (bicyclic) bond motifs is 1. The number of imidazole rings is 1. The Morgan fingerprint density at radius 2 is 2.26 bits per heavy atom. The molecule has 1 unspecified atom stereocenters. The molecule has 1 aliphatic rings. The Balaban J connectivity index is 0.00000210. The van der Waals surface area contributed by atoms with E-state index in [1.807, 2.05) is 0 Å². The second kappa shape index (κ2) is 7.37. The molecule has 9 nitrogen and oxygen atoms in total. The Morgan fingerprint density at radius 1 is 1.44 bits per heavy atom. The van der Waals surface area contributed by atoms with Crippen molar-refractivity contribution in [2.75, 3.05) is 20.1 Å². The molecule has 1 saturated heterocycles. The Morgan fingerprint density at radius 3 is 2.89 bits per heavy atom. The van der Waals surface area contributed by atoms with Gasteiger partial charge >= 0.3 is 0 Å². The summed E-state index contributed by atoms with van der Waals surface area (Å²) in [6, 6.07) is 5.21. The molecule has 0 saturated carbocycles. The molecule has 3 aromatic heterocycles. The van der Waals surface area contributed by atoms with Crippen LogP contribution in [0.15, 0.2) is 35.2 Å². The number of hydrogen-bond acceptors (Lipinski definition) is 6. The summed E-state index contributed by atoms with van der Waals surface area (Å²) in [4.78, 5) is 34.9. The van der Waals surface area contributed by atoms with Crippen molar-refractivity contribution in [1.29, 1.82) is 0 Å². The third-order valence-corrected chi connectivity index (χ3v) is 4.63. The molecule has 4 rings (SSSR count). The molecule has 27 heavy (non-hydrogen) atoms. The lowest BCUT2D eigenvalue weighted by Crippen LogP contribution is -2.39. The maximum Gasteiger partial charge on any atom is 0.271 e. The largest absolute Gasteiger partial charge is 0.463 e. The van der Waals surface area contributed by atoms with Gasteiger partial charge < -0.3 is 20.4 Å². The molecule has 1 atom stereocenters. The number of rotatable bonds is 4. The fourth-order valence-corrected chi connectivity index (χ4v) is 3.18. The smallest absolute Gasteiger partial charge is 0.271 e. The summed E-state index contributed by atoms with van der Waals surface area (Å²) in [5, 5.41) is 3.25. The third-order valence-electron chi connectivity index (χ3n) is 4.63. The van der Waals surface area contributed by atoms with Gasteiger partial charge in [0, 0.05) is 19.6 Å². The van der Waals surface area contributed by atoms with Gasteiger partial charge in [-0.1, -0.05) is 0 Å². The highest BCUT2D eigenvalue weighted by Gasteiger charge is 2.27. The fourth-order valence-electron chi connectivity index (χ4n) is 3.18. The molecule has 0 aromatic carbocycles. The normalized spacial score (nSPS) is 16.3. The fraction of sp³-hybridized carbons (Fsp3) is 0.294. The van der Waals surface area contributed by atoms with Crippen molar-refractivity contribution >= 4 is 29.9 Å². The molecule has 142 valence electrons. The number of carbonyl (C=O) groups excluding carboxylic acids is 2. The number of amides is 2. The summed E-state index contributed by atoms with van der Waals surface area (Å²) < 4.78 is 6.89. The Bertz CT molecular complexity index is 978. The molecular formula is C17H19ClN6O3. The lowest BCUT2D eigenvalue weighted by molar-refractivity contribution is 0.0736. The summed E-state index contributed by atoms with van der Waals surface area (Å²) in [5.41, 5.74) is 6.42. The van der Waals surface area contributed by atoms with Crippen molar-refractivity contribution in [2.45, 2.75) is 12.5 Å². The molecule has 0 radical (unpaired) electrons. The van der Waals surface area contributed by atoms with Gasteiger partial charge in [-0.2, -0.15) is 0 Å². The lowest BCUT2D eigenvalue weighted by Gasteiger charge is -2.24. The van der Waals surface area contributed by atoms with Crippen molar-refractivity contribution in [3.8, 4) is 11.5 Å². The predicted molar refractivity (Wildman–Crippen MR) is 99.8 cm³/mol. The van der Waals surface area contributed by atoms with E-state index in [-0.39, 0.29) is 35.7 Å². The SMILES string of the molecule is CN(C(=O)c1cc(-c2ccco2)nc2c(C(N)=O)ncn12)C1CCNC1.Cl. The van der Waals surface area contributed by atoms with E-state index in [9.17, 15) is 9.59 Å². The second-order valence-electron chi connectivity index (χ2n) is 6.22. The van der Waals surface area contributed by atoms with Crippen LogP contribution in [0, 0.1) is 0 Å². The van der Waals surface area contributed by atoms with Gasteiger partial charge in [0.05, 0.1) is 6.26 Å². The van der Waals surface area contributed by atoms with E-state index in [1.54, 1.807) is 30.1 Å². The number of aromatic nitrogens is 3. The maximum atomic E-state index is 13.1. The summed E-state index contributed by atoms with van der Waals surface area (Å²) in [6.45, 7) is 1.63. The highest BCUT2D eigenvalue weighted by atomic mass is 35.5. The molecular weight excluding hydrogens is 372 g/mol. The monoisotopic (exact) mass is 390 g/mol. The number of hydrogen-bond donors (Lipinski definition) is 2. The molecule has 0 spiro atoms. The molecule has 1 fully saturated rings. The highest BCUT2D eigenvalue weighted by molar-refractivity contribution is 5.99. The first kappa shape index (κ1) is 18.9. The van der Waals surface area contributed by atoms with Gasteiger partial charge in [-0.25, -0.2) is 9.97 Å². The number of primary amides is 1. The summed E-state index contributed by atoms with van der Waals surface area (Å²) in [5.74, 6) is -0.404. The summed E-state index contributed by atoms with van der Waals surface area (Å²) in [7, 11) is 1.77. The van der Waals surface area contributed by atoms with E-state index < -0.39 is 5.91 Å².